The molecule has 1 aliphatic rings. The summed E-state index contributed by atoms with van der Waals surface area (Å²) in [6.45, 7) is 2.51. The molecule has 1 fully saturated rings. The van der Waals surface area contributed by atoms with Gasteiger partial charge in [0.2, 0.25) is 0 Å². The number of ether oxygens (including phenoxy) is 1. The van der Waals surface area contributed by atoms with Gasteiger partial charge in [-0.05, 0) is 24.5 Å². The highest BCUT2D eigenvalue weighted by atomic mass is 16.5. The molecule has 0 amide bonds. The summed E-state index contributed by atoms with van der Waals surface area (Å²) < 4.78 is 4.53. The quantitative estimate of drug-likeness (QED) is 0.798. The van der Waals surface area contributed by atoms with E-state index in [0.29, 0.717) is 12.4 Å². The molecule has 2 heterocycles. The lowest BCUT2D eigenvalue weighted by molar-refractivity contribution is -0.139. The van der Waals surface area contributed by atoms with E-state index >= 15 is 0 Å². The van der Waals surface area contributed by atoms with Crippen molar-refractivity contribution < 1.29 is 19.4 Å². The number of hydrogen-bond donors (Lipinski definition) is 1. The topological polar surface area (TPSA) is 92.6 Å². The predicted octanol–water partition coefficient (Wildman–Crippen LogP) is 0.563. The molecular weight excluding hydrogens is 250 g/mol. The van der Waals surface area contributed by atoms with Crippen LogP contribution in [0.5, 0.6) is 0 Å². The SMILES string of the molecule is COC(=O)c1ccc(N2CCC(C)C2C(=O)O)nn1. The zero-order chi connectivity index (χ0) is 14.0. The van der Waals surface area contributed by atoms with E-state index in [0.717, 1.165) is 6.42 Å². The Morgan fingerprint density at radius 2 is 2.16 bits per heavy atom. The van der Waals surface area contributed by atoms with E-state index in [9.17, 15) is 14.7 Å². The van der Waals surface area contributed by atoms with Crippen LogP contribution in [0, 0.1) is 5.92 Å². The Balaban J connectivity index is 2.22. The number of anilines is 1. The first-order valence-electron chi connectivity index (χ1n) is 5.96. The van der Waals surface area contributed by atoms with Crippen LogP contribution in [0.1, 0.15) is 23.8 Å². The molecule has 0 spiro atoms. The smallest absolute Gasteiger partial charge is 0.358 e. The molecule has 2 unspecified atom stereocenters. The van der Waals surface area contributed by atoms with Crippen molar-refractivity contribution in [2.24, 2.45) is 5.92 Å². The number of carboxylic acid groups (broad SMARTS) is 1. The Labute approximate surface area is 110 Å². The standard InChI is InChI=1S/C12H15N3O4/c1-7-5-6-15(10(7)11(16)17)9-4-3-8(13-14-9)12(18)19-2/h3-4,7,10H,5-6H2,1-2H3,(H,16,17). The average Bonchev–Trinajstić information content (AvgIpc) is 2.80. The molecule has 7 heteroatoms. The average molecular weight is 265 g/mol. The largest absolute Gasteiger partial charge is 0.480 e. The maximum Gasteiger partial charge on any atom is 0.358 e. The maximum absolute atomic E-state index is 11.3. The van der Waals surface area contributed by atoms with Crippen molar-refractivity contribution in [2.45, 2.75) is 19.4 Å². The van der Waals surface area contributed by atoms with Gasteiger partial charge in [-0.15, -0.1) is 10.2 Å². The van der Waals surface area contributed by atoms with Crippen molar-refractivity contribution in [3.8, 4) is 0 Å². The van der Waals surface area contributed by atoms with Crippen LogP contribution < -0.4 is 4.90 Å². The normalized spacial score (nSPS) is 22.3. The number of aromatic nitrogens is 2. The fourth-order valence-electron chi connectivity index (χ4n) is 2.27. The van der Waals surface area contributed by atoms with E-state index in [-0.39, 0.29) is 11.6 Å². The van der Waals surface area contributed by atoms with Crippen LogP contribution in [-0.2, 0) is 9.53 Å². The van der Waals surface area contributed by atoms with E-state index in [2.05, 4.69) is 14.9 Å². The van der Waals surface area contributed by atoms with Gasteiger partial charge in [0.05, 0.1) is 7.11 Å². The fraction of sp³-hybridized carbons (Fsp3) is 0.500. The molecule has 1 saturated heterocycles. The van der Waals surface area contributed by atoms with Gasteiger partial charge in [0, 0.05) is 6.54 Å². The zero-order valence-electron chi connectivity index (χ0n) is 10.7. The van der Waals surface area contributed by atoms with Gasteiger partial charge in [0.1, 0.15) is 6.04 Å². The fourth-order valence-corrected chi connectivity index (χ4v) is 2.27. The molecule has 0 aromatic carbocycles. The summed E-state index contributed by atoms with van der Waals surface area (Å²) in [6, 6.07) is 2.47. The van der Waals surface area contributed by atoms with Crippen molar-refractivity contribution in [3.63, 3.8) is 0 Å². The predicted molar refractivity (Wildman–Crippen MR) is 65.9 cm³/mol. The minimum Gasteiger partial charge on any atom is -0.480 e. The molecular formula is C12H15N3O4. The molecule has 102 valence electrons. The van der Waals surface area contributed by atoms with E-state index in [1.54, 1.807) is 11.0 Å². The number of carbonyl (C=O) groups is 2. The van der Waals surface area contributed by atoms with Crippen LogP contribution in [0.25, 0.3) is 0 Å². The Morgan fingerprint density at radius 1 is 1.42 bits per heavy atom. The van der Waals surface area contributed by atoms with Crippen molar-refractivity contribution in [3.05, 3.63) is 17.8 Å². The van der Waals surface area contributed by atoms with Gasteiger partial charge in [0.15, 0.2) is 11.5 Å². The summed E-state index contributed by atoms with van der Waals surface area (Å²) in [4.78, 5) is 24.2. The lowest BCUT2D eigenvalue weighted by Crippen LogP contribution is -2.39. The summed E-state index contributed by atoms with van der Waals surface area (Å²) in [5.41, 5.74) is 0.102. The number of carboxylic acids is 1. The molecule has 2 rings (SSSR count). The molecule has 19 heavy (non-hydrogen) atoms. The summed E-state index contributed by atoms with van der Waals surface area (Å²) in [6.07, 6.45) is 0.789. The number of esters is 1. The minimum atomic E-state index is -0.871. The Kier molecular flexibility index (Phi) is 3.64. The van der Waals surface area contributed by atoms with E-state index in [1.165, 1.54) is 13.2 Å². The van der Waals surface area contributed by atoms with Gasteiger partial charge in [0.25, 0.3) is 0 Å². The van der Waals surface area contributed by atoms with Crippen LogP contribution in [0.3, 0.4) is 0 Å². The van der Waals surface area contributed by atoms with Gasteiger partial charge < -0.3 is 14.7 Å². The van der Waals surface area contributed by atoms with Crippen LogP contribution in [-0.4, -0.2) is 46.9 Å². The minimum absolute atomic E-state index is 0.0552. The highest BCUT2D eigenvalue weighted by Crippen LogP contribution is 2.28. The van der Waals surface area contributed by atoms with Crippen LogP contribution in [0.15, 0.2) is 12.1 Å². The van der Waals surface area contributed by atoms with Gasteiger partial charge in [-0.2, -0.15) is 0 Å². The molecule has 0 saturated carbocycles. The lowest BCUT2D eigenvalue weighted by atomic mass is 10.0. The molecule has 1 N–H and O–H groups in total. The second-order valence-corrected chi connectivity index (χ2v) is 4.51. The Bertz CT molecular complexity index is 488. The number of methoxy groups -OCH3 is 1. The molecule has 0 radical (unpaired) electrons. The van der Waals surface area contributed by atoms with Crippen LogP contribution in [0.2, 0.25) is 0 Å². The number of nitrogens with zero attached hydrogens (tertiary/aromatic N) is 3. The number of carbonyl (C=O) groups excluding carboxylic acids is 1. The monoisotopic (exact) mass is 265 g/mol. The number of aliphatic carboxylic acids is 1. The first-order chi connectivity index (χ1) is 9.04. The van der Waals surface area contributed by atoms with Crippen molar-refractivity contribution in [1.29, 1.82) is 0 Å². The summed E-state index contributed by atoms with van der Waals surface area (Å²) in [5, 5.41) is 16.9. The molecule has 1 aromatic heterocycles. The van der Waals surface area contributed by atoms with Crippen molar-refractivity contribution in [1.82, 2.24) is 10.2 Å². The molecule has 1 aromatic rings. The second-order valence-electron chi connectivity index (χ2n) is 4.51. The summed E-state index contributed by atoms with van der Waals surface area (Å²) in [5.74, 6) is -0.920. The maximum atomic E-state index is 11.3. The van der Waals surface area contributed by atoms with Gasteiger partial charge in [-0.25, -0.2) is 9.59 Å². The van der Waals surface area contributed by atoms with Gasteiger partial charge in [-0.1, -0.05) is 6.92 Å². The van der Waals surface area contributed by atoms with Crippen molar-refractivity contribution >= 4 is 17.8 Å². The third-order valence-electron chi connectivity index (χ3n) is 3.29. The number of rotatable bonds is 3. The van der Waals surface area contributed by atoms with Crippen LogP contribution in [0.4, 0.5) is 5.82 Å². The van der Waals surface area contributed by atoms with E-state index < -0.39 is 18.0 Å². The molecule has 1 aliphatic heterocycles. The molecule has 0 aliphatic carbocycles. The van der Waals surface area contributed by atoms with Gasteiger partial charge >= 0.3 is 11.9 Å². The highest BCUT2D eigenvalue weighted by Gasteiger charge is 2.37. The first kappa shape index (κ1) is 13.3. The highest BCUT2D eigenvalue weighted by molar-refractivity contribution is 5.87. The number of hydrogen-bond acceptors (Lipinski definition) is 6. The summed E-state index contributed by atoms with van der Waals surface area (Å²) >= 11 is 0. The Hall–Kier alpha value is -2.18. The zero-order valence-corrected chi connectivity index (χ0v) is 10.7. The van der Waals surface area contributed by atoms with Crippen LogP contribution >= 0.6 is 0 Å². The Morgan fingerprint density at radius 3 is 2.68 bits per heavy atom. The third kappa shape index (κ3) is 2.49. The van der Waals surface area contributed by atoms with E-state index in [4.69, 9.17) is 0 Å². The molecule has 7 nitrogen and oxygen atoms in total. The van der Waals surface area contributed by atoms with E-state index in [1.807, 2.05) is 6.92 Å². The molecule has 2 atom stereocenters. The third-order valence-corrected chi connectivity index (χ3v) is 3.29. The first-order valence-corrected chi connectivity index (χ1v) is 5.96. The lowest BCUT2D eigenvalue weighted by Gasteiger charge is -2.23. The molecule has 0 bridgehead atoms. The van der Waals surface area contributed by atoms with Crippen molar-refractivity contribution in [2.75, 3.05) is 18.6 Å². The second kappa shape index (κ2) is 5.21. The van der Waals surface area contributed by atoms with Gasteiger partial charge in [-0.3, -0.25) is 0 Å². The summed E-state index contributed by atoms with van der Waals surface area (Å²) in [7, 11) is 1.26.